The van der Waals surface area contributed by atoms with E-state index in [1.165, 1.54) is 12.8 Å². The smallest absolute Gasteiger partial charge is 0.411 e. The molecule has 0 spiro atoms. The van der Waals surface area contributed by atoms with Crippen LogP contribution in [0.2, 0.25) is 0 Å². The van der Waals surface area contributed by atoms with Gasteiger partial charge in [-0.1, -0.05) is 63.6 Å². The highest BCUT2D eigenvalue weighted by Gasteiger charge is 2.28. The molecule has 44 heavy (non-hydrogen) atoms. The summed E-state index contributed by atoms with van der Waals surface area (Å²) in [5, 5.41) is 17.0. The highest BCUT2D eigenvalue weighted by Crippen LogP contribution is 2.15. The highest BCUT2D eigenvalue weighted by atomic mass is 79.9. The van der Waals surface area contributed by atoms with Crippen molar-refractivity contribution in [3.05, 3.63) is 24.3 Å². The zero-order valence-electron chi connectivity index (χ0n) is 22.2. The molecule has 7 nitrogen and oxygen atoms in total. The summed E-state index contributed by atoms with van der Waals surface area (Å²) in [6.07, 6.45) is -8.69. The Balaban J connectivity index is -0.000000155. The fourth-order valence-electron chi connectivity index (χ4n) is 1.51. The van der Waals surface area contributed by atoms with Crippen molar-refractivity contribution in [3.8, 4) is 0 Å². The molecule has 0 aromatic carbocycles. The predicted octanol–water partition coefficient (Wildman–Crippen LogP) is 7.66. The minimum absolute atomic E-state index is 0. The number of hydrogen-bond donors (Lipinski definition) is 2. The third kappa shape index (κ3) is 72.8. The van der Waals surface area contributed by atoms with Gasteiger partial charge in [0.15, 0.2) is 0 Å². The topological polar surface area (TPSA) is 94.5 Å². The number of alkyl halides is 14. The number of rotatable bonds is 11. The Labute approximate surface area is 263 Å². The van der Waals surface area contributed by atoms with Gasteiger partial charge in [0.1, 0.15) is 33.0 Å². The lowest BCUT2D eigenvalue weighted by atomic mass is 10.4. The van der Waals surface area contributed by atoms with Gasteiger partial charge in [-0.2, -0.15) is 52.7 Å². The van der Waals surface area contributed by atoms with Gasteiger partial charge in [0.05, 0.1) is 13.2 Å². The van der Waals surface area contributed by atoms with Gasteiger partial charge < -0.3 is 29.2 Å². The minimum atomic E-state index is -4.45. The number of carboxylic acids is 1. The lowest BCUT2D eigenvalue weighted by Crippen LogP contribution is -2.19. The first-order chi connectivity index (χ1) is 19.6. The maximum Gasteiger partial charge on any atom is 0.411 e. The van der Waals surface area contributed by atoms with Gasteiger partial charge in [0.25, 0.3) is 0 Å². The average molecular weight is 812 g/mol. The molecule has 268 valence electrons. The molecule has 0 aromatic heterocycles. The highest BCUT2D eigenvalue weighted by molar-refractivity contribution is 9.09. The van der Waals surface area contributed by atoms with Crippen molar-refractivity contribution in [1.82, 2.24) is 0 Å². The van der Waals surface area contributed by atoms with Crippen LogP contribution < -0.4 is 0 Å². The van der Waals surface area contributed by atoms with Crippen LogP contribution in [0, 0.1) is 0 Å². The number of aliphatic hydroxyl groups excluding tert-OH is 1. The maximum absolute atomic E-state index is 11.5. The summed E-state index contributed by atoms with van der Waals surface area (Å²) in [5.41, 5.74) is 0. The van der Waals surface area contributed by atoms with Crippen molar-refractivity contribution in [2.75, 3.05) is 70.1 Å². The van der Waals surface area contributed by atoms with E-state index in [1.807, 2.05) is 0 Å². The zero-order chi connectivity index (χ0) is 34.4. The molecular formula is C23H36Br2F12O7. The van der Waals surface area contributed by atoms with Crippen molar-refractivity contribution in [2.45, 2.75) is 45.0 Å². The lowest BCUT2D eigenvalue weighted by molar-refractivity contribution is -0.179. The van der Waals surface area contributed by atoms with E-state index in [-0.39, 0.29) is 20.6 Å². The third-order valence-electron chi connectivity index (χ3n) is 2.97. The fraction of sp³-hybridized carbons (Fsp3) is 0.783. The fourth-order valence-corrected chi connectivity index (χ4v) is 2.04. The standard InChI is InChI=1S/C8H10F6O2.C4H6Br2.C4H5F3O3.C4H8O.C2H3F3O.CH4/c9-7(10,11)5-15-3-1-2-4-16-6-8(12,13)14;5-3-1-2-4-6;5-4(6,7)2-10-1-3(8)9;1-2-4-5-3-1;3-2(4,5)1-6;/h1-2H,3-6H2;1-2H,3-4H2;1-2H2,(H,8,9);1-4H2;6H,1H2;1H4. The molecule has 21 heteroatoms. The Bertz CT molecular complexity index is 647. The van der Waals surface area contributed by atoms with Gasteiger partial charge >= 0.3 is 30.7 Å². The lowest BCUT2D eigenvalue weighted by Gasteiger charge is -2.05. The Kier molecular flexibility index (Phi) is 37.9. The van der Waals surface area contributed by atoms with Crippen LogP contribution in [-0.4, -0.2) is 111 Å². The number of carbonyl (C=O) groups is 1. The molecule has 0 aromatic rings. The summed E-state index contributed by atoms with van der Waals surface area (Å²) < 4.78 is 151. The number of halogens is 14. The normalized spacial score (nSPS) is 13.3. The molecule has 0 radical (unpaired) electrons. The van der Waals surface area contributed by atoms with E-state index < -0.39 is 63.7 Å². The second kappa shape index (κ2) is 31.8. The molecule has 1 saturated heterocycles. The molecule has 1 aliphatic rings. The number of hydrogen-bond acceptors (Lipinski definition) is 6. The van der Waals surface area contributed by atoms with Crippen molar-refractivity contribution in [3.63, 3.8) is 0 Å². The first kappa shape index (κ1) is 52.4. The van der Waals surface area contributed by atoms with E-state index >= 15 is 0 Å². The van der Waals surface area contributed by atoms with Crippen molar-refractivity contribution >= 4 is 37.8 Å². The van der Waals surface area contributed by atoms with Crippen molar-refractivity contribution < 1.29 is 86.6 Å². The number of aliphatic hydroxyl groups is 1. The number of ether oxygens (including phenoxy) is 4. The molecule has 0 amide bonds. The summed E-state index contributed by atoms with van der Waals surface area (Å²) in [6.45, 7) is -5.59. The van der Waals surface area contributed by atoms with Gasteiger partial charge in [-0.15, -0.1) is 0 Å². The Morgan fingerprint density at radius 1 is 0.659 bits per heavy atom. The van der Waals surface area contributed by atoms with Gasteiger partial charge in [-0.25, -0.2) is 4.79 Å². The van der Waals surface area contributed by atoms with E-state index in [4.69, 9.17) is 14.9 Å². The van der Waals surface area contributed by atoms with Crippen LogP contribution in [0.4, 0.5) is 52.7 Å². The molecule has 2 N–H and O–H groups in total. The molecule has 1 heterocycles. The molecule has 0 bridgehead atoms. The minimum Gasteiger partial charge on any atom is -0.480 e. The largest absolute Gasteiger partial charge is 0.480 e. The average Bonchev–Trinajstić information content (AvgIpc) is 3.43. The molecule has 1 rings (SSSR count). The van der Waals surface area contributed by atoms with Crippen LogP contribution in [0.1, 0.15) is 20.3 Å². The van der Waals surface area contributed by atoms with E-state index in [0.717, 1.165) is 36.0 Å². The summed E-state index contributed by atoms with van der Waals surface area (Å²) in [7, 11) is 0. The van der Waals surface area contributed by atoms with Crippen LogP contribution in [0.3, 0.4) is 0 Å². The third-order valence-corrected chi connectivity index (χ3v) is 3.72. The maximum atomic E-state index is 11.5. The van der Waals surface area contributed by atoms with E-state index in [2.05, 4.69) is 58.2 Å². The molecule has 0 unspecified atom stereocenters. The molecular weight excluding hydrogens is 776 g/mol. The summed E-state index contributed by atoms with van der Waals surface area (Å²) in [6, 6.07) is 0. The molecule has 0 saturated carbocycles. The van der Waals surface area contributed by atoms with Gasteiger partial charge in [0.2, 0.25) is 0 Å². The Hall–Kier alpha value is -1.13. The second-order valence-electron chi connectivity index (χ2n) is 7.11. The van der Waals surface area contributed by atoms with Crippen molar-refractivity contribution in [2.24, 2.45) is 0 Å². The van der Waals surface area contributed by atoms with Crippen LogP contribution in [0.15, 0.2) is 24.3 Å². The predicted molar refractivity (Wildman–Crippen MR) is 144 cm³/mol. The zero-order valence-corrected chi connectivity index (χ0v) is 25.4. The molecule has 0 aliphatic carbocycles. The molecule has 1 aliphatic heterocycles. The summed E-state index contributed by atoms with van der Waals surface area (Å²) in [5.74, 6) is -1.41. The van der Waals surface area contributed by atoms with Gasteiger partial charge in [-0.05, 0) is 12.8 Å². The first-order valence-corrected chi connectivity index (χ1v) is 13.7. The molecule has 1 fully saturated rings. The quantitative estimate of drug-likeness (QED) is 0.0959. The van der Waals surface area contributed by atoms with Crippen LogP contribution in [0.25, 0.3) is 0 Å². The Morgan fingerprint density at radius 2 is 0.977 bits per heavy atom. The first-order valence-electron chi connectivity index (χ1n) is 11.4. The second-order valence-corrected chi connectivity index (χ2v) is 8.40. The number of allylic oxidation sites excluding steroid dienone is 2. The van der Waals surface area contributed by atoms with Gasteiger partial charge in [-0.3, -0.25) is 0 Å². The van der Waals surface area contributed by atoms with Crippen LogP contribution in [0.5, 0.6) is 0 Å². The van der Waals surface area contributed by atoms with Crippen LogP contribution >= 0.6 is 31.9 Å². The summed E-state index contributed by atoms with van der Waals surface area (Å²) >= 11 is 6.49. The number of carboxylic acid groups (broad SMARTS) is 1. The van der Waals surface area contributed by atoms with Gasteiger partial charge in [0, 0.05) is 23.9 Å². The van der Waals surface area contributed by atoms with E-state index in [0.29, 0.717) is 0 Å². The SMILES string of the molecule is BrCC=CCBr.C.C1CCOC1.FC(F)(F)COCC=CCOCC(F)(F)F.O=C(O)COCC(F)(F)F.OCC(F)(F)F. The monoisotopic (exact) mass is 810 g/mol. The molecule has 0 atom stereocenters. The van der Waals surface area contributed by atoms with Crippen molar-refractivity contribution in [1.29, 1.82) is 0 Å². The number of aliphatic carboxylic acids is 1. The van der Waals surface area contributed by atoms with E-state index in [1.54, 1.807) is 0 Å². The van der Waals surface area contributed by atoms with E-state index in [9.17, 15) is 57.5 Å². The Morgan fingerprint density at radius 3 is 1.18 bits per heavy atom. The van der Waals surface area contributed by atoms with Crippen LogP contribution in [-0.2, 0) is 23.7 Å². The summed E-state index contributed by atoms with van der Waals surface area (Å²) in [4.78, 5) is 9.59.